The van der Waals surface area contributed by atoms with Crippen LogP contribution in [0.3, 0.4) is 0 Å². The molecule has 0 aromatic heterocycles. The van der Waals surface area contributed by atoms with E-state index in [4.69, 9.17) is 20.9 Å². The number of benzene rings is 2. The predicted molar refractivity (Wildman–Crippen MR) is 166 cm³/mol. The van der Waals surface area contributed by atoms with Gasteiger partial charge in [-0.2, -0.15) is 0 Å². The monoisotopic (exact) mass is 578 g/mol. The smallest absolute Gasteiger partial charge is 0.306 e. The zero-order valence-electron chi connectivity index (χ0n) is 25.4. The molecule has 0 heterocycles. The molecule has 2 aromatic rings. The van der Waals surface area contributed by atoms with Gasteiger partial charge in [-0.15, -0.1) is 0 Å². The van der Waals surface area contributed by atoms with Crippen molar-refractivity contribution in [2.45, 2.75) is 76.0 Å². The third-order valence-electron chi connectivity index (χ3n) is 9.84. The molecular weight excluding hydrogens is 532 g/mol. The van der Waals surface area contributed by atoms with Crippen LogP contribution in [0.1, 0.15) is 87.2 Å². The lowest BCUT2D eigenvalue weighted by Gasteiger charge is -2.52. The molecule has 4 rings (SSSR count). The Morgan fingerprint density at radius 1 is 0.738 bits per heavy atom. The number of ether oxygens (including phenoxy) is 2. The molecule has 0 amide bonds. The van der Waals surface area contributed by atoms with E-state index in [1.807, 2.05) is 50.5 Å². The lowest BCUT2D eigenvalue weighted by molar-refractivity contribution is -0.160. The highest BCUT2D eigenvalue weighted by atomic mass is 16.5. The van der Waals surface area contributed by atoms with Gasteiger partial charge in [0.05, 0.1) is 49.8 Å². The minimum atomic E-state index is -1.07. The fourth-order valence-corrected chi connectivity index (χ4v) is 7.78. The van der Waals surface area contributed by atoms with Crippen LogP contribution in [0, 0.1) is 10.8 Å². The van der Waals surface area contributed by atoms with Crippen molar-refractivity contribution in [2.24, 2.45) is 10.8 Å². The van der Waals surface area contributed by atoms with Crippen LogP contribution in [-0.2, 0) is 23.9 Å². The highest BCUT2D eigenvalue weighted by molar-refractivity contribution is 5.97. The molecule has 2 saturated carbocycles. The summed E-state index contributed by atoms with van der Waals surface area (Å²) < 4.78 is 10.4. The lowest BCUT2D eigenvalue weighted by Crippen LogP contribution is -2.53. The molecule has 0 bridgehead atoms. The largest absolute Gasteiger partial charge is 0.469 e. The molecule has 2 aliphatic carbocycles. The summed E-state index contributed by atoms with van der Waals surface area (Å²) in [5.74, 6) is -1.44. The highest BCUT2D eigenvalue weighted by Crippen LogP contribution is 2.60. The predicted octanol–water partition coefficient (Wildman–Crippen LogP) is 5.62. The third-order valence-corrected chi connectivity index (χ3v) is 9.84. The standard InChI is InChI=1S/C33H46N4O5/c1-36-27-13-11-21(17-25(27)34)23-9-5-7-15-32(23,19-29(38)41-3)31(40)33(20-30(39)42-4)16-8-6-10-24(33)22-12-14-28(37-2)26(35)18-22/h11-14,17-18,23-24,36-37H,5-10,15-16,19-20,34-35H2,1-4H3. The maximum absolute atomic E-state index is 15.6. The number of carbonyl (C=O) groups is 3. The van der Waals surface area contributed by atoms with Gasteiger partial charge in [0.1, 0.15) is 5.78 Å². The molecule has 0 aliphatic heterocycles. The van der Waals surface area contributed by atoms with E-state index in [1.165, 1.54) is 14.2 Å². The van der Waals surface area contributed by atoms with Gasteiger partial charge in [-0.05, 0) is 72.9 Å². The summed E-state index contributed by atoms with van der Waals surface area (Å²) in [5, 5.41) is 6.20. The molecule has 228 valence electrons. The van der Waals surface area contributed by atoms with E-state index in [1.54, 1.807) is 0 Å². The van der Waals surface area contributed by atoms with Gasteiger partial charge in [-0.3, -0.25) is 14.4 Å². The van der Waals surface area contributed by atoms with Gasteiger partial charge in [-0.25, -0.2) is 0 Å². The van der Waals surface area contributed by atoms with Gasteiger partial charge in [0, 0.05) is 24.9 Å². The van der Waals surface area contributed by atoms with Crippen molar-refractivity contribution in [1.82, 2.24) is 0 Å². The summed E-state index contributed by atoms with van der Waals surface area (Å²) >= 11 is 0. The normalized spacial score (nSPS) is 25.7. The quantitative estimate of drug-likeness (QED) is 0.208. The van der Waals surface area contributed by atoms with Crippen LogP contribution in [-0.4, -0.2) is 46.0 Å². The van der Waals surface area contributed by atoms with Crippen molar-refractivity contribution in [3.8, 4) is 0 Å². The second-order valence-electron chi connectivity index (χ2n) is 11.9. The van der Waals surface area contributed by atoms with E-state index < -0.39 is 22.8 Å². The topological polar surface area (TPSA) is 146 Å². The number of methoxy groups -OCH3 is 2. The molecule has 9 heteroatoms. The Morgan fingerprint density at radius 3 is 1.48 bits per heavy atom. The average Bonchev–Trinajstić information content (AvgIpc) is 3.00. The lowest BCUT2D eigenvalue weighted by atomic mass is 9.49. The summed E-state index contributed by atoms with van der Waals surface area (Å²) in [4.78, 5) is 41.9. The van der Waals surface area contributed by atoms with E-state index in [-0.39, 0.29) is 30.5 Å². The number of nitrogens with two attached hydrogens (primary N) is 2. The average molecular weight is 579 g/mol. The maximum Gasteiger partial charge on any atom is 0.306 e. The second-order valence-corrected chi connectivity index (χ2v) is 11.9. The summed E-state index contributed by atoms with van der Waals surface area (Å²) in [6.07, 6.45) is 5.82. The molecule has 0 saturated heterocycles. The summed E-state index contributed by atoms with van der Waals surface area (Å²) in [6.45, 7) is 0. The van der Waals surface area contributed by atoms with E-state index >= 15 is 4.79 Å². The Balaban J connectivity index is 1.93. The van der Waals surface area contributed by atoms with Crippen LogP contribution in [0.15, 0.2) is 36.4 Å². The maximum atomic E-state index is 15.6. The minimum Gasteiger partial charge on any atom is -0.469 e. The number of anilines is 4. The van der Waals surface area contributed by atoms with Crippen LogP contribution >= 0.6 is 0 Å². The number of carbonyl (C=O) groups excluding carboxylic acids is 3. The zero-order valence-corrected chi connectivity index (χ0v) is 25.4. The van der Waals surface area contributed by atoms with Gasteiger partial charge in [0.25, 0.3) is 0 Å². The number of esters is 2. The van der Waals surface area contributed by atoms with E-state index in [9.17, 15) is 9.59 Å². The summed E-state index contributed by atoms with van der Waals surface area (Å²) in [6, 6.07) is 11.7. The number of nitrogen functional groups attached to an aromatic ring is 2. The molecule has 6 N–H and O–H groups in total. The van der Waals surface area contributed by atoms with Gasteiger partial charge in [-0.1, -0.05) is 37.8 Å². The number of hydrogen-bond donors (Lipinski definition) is 4. The van der Waals surface area contributed by atoms with Crippen molar-refractivity contribution < 1.29 is 23.9 Å². The fraction of sp³-hybridized carbons (Fsp3) is 0.545. The Morgan fingerprint density at radius 2 is 1.14 bits per heavy atom. The summed E-state index contributed by atoms with van der Waals surface area (Å²) in [7, 11) is 6.34. The van der Waals surface area contributed by atoms with Gasteiger partial charge >= 0.3 is 11.9 Å². The van der Waals surface area contributed by atoms with Gasteiger partial charge in [0.15, 0.2) is 0 Å². The van der Waals surface area contributed by atoms with Crippen LogP contribution in [0.25, 0.3) is 0 Å². The van der Waals surface area contributed by atoms with E-state index in [2.05, 4.69) is 10.6 Å². The number of Topliss-reactive ketones (excluding diaryl/α,β-unsaturated/α-hetero) is 1. The van der Waals surface area contributed by atoms with Crippen molar-refractivity contribution in [2.75, 3.05) is 50.4 Å². The Kier molecular flexibility index (Phi) is 9.69. The zero-order chi connectivity index (χ0) is 30.5. The van der Waals surface area contributed by atoms with E-state index in [0.29, 0.717) is 24.2 Å². The van der Waals surface area contributed by atoms with Crippen LogP contribution in [0.5, 0.6) is 0 Å². The van der Waals surface area contributed by atoms with E-state index in [0.717, 1.165) is 61.0 Å². The van der Waals surface area contributed by atoms with Gasteiger partial charge in [0.2, 0.25) is 0 Å². The fourth-order valence-electron chi connectivity index (χ4n) is 7.78. The molecule has 4 atom stereocenters. The first-order valence-corrected chi connectivity index (χ1v) is 15.0. The van der Waals surface area contributed by atoms with Crippen molar-refractivity contribution in [3.05, 3.63) is 47.5 Å². The van der Waals surface area contributed by atoms with Crippen LogP contribution in [0.4, 0.5) is 22.7 Å². The van der Waals surface area contributed by atoms with Crippen molar-refractivity contribution in [1.29, 1.82) is 0 Å². The molecule has 4 unspecified atom stereocenters. The molecule has 42 heavy (non-hydrogen) atoms. The van der Waals surface area contributed by atoms with Crippen LogP contribution < -0.4 is 22.1 Å². The van der Waals surface area contributed by atoms with Crippen LogP contribution in [0.2, 0.25) is 0 Å². The molecule has 2 aromatic carbocycles. The number of hydrogen-bond acceptors (Lipinski definition) is 9. The first-order chi connectivity index (χ1) is 20.1. The molecule has 9 nitrogen and oxygen atoms in total. The highest BCUT2D eigenvalue weighted by Gasteiger charge is 2.59. The SMILES string of the molecule is CNc1ccc(C2CCCCC2(CC(=O)OC)C(=O)C2(CC(=O)OC)CCCCC2c2ccc(NC)c(N)c2)cc1N. The summed E-state index contributed by atoms with van der Waals surface area (Å²) in [5.41, 5.74) is 15.3. The molecule has 0 spiro atoms. The first-order valence-electron chi connectivity index (χ1n) is 15.0. The Labute approximate surface area is 249 Å². The first kappa shape index (κ1) is 31.2. The number of nitrogens with one attached hydrogen (secondary N) is 2. The Hall–Kier alpha value is -3.75. The molecular formula is C33H46N4O5. The second kappa shape index (κ2) is 13.0. The number of ketones is 1. The van der Waals surface area contributed by atoms with Crippen molar-refractivity contribution in [3.63, 3.8) is 0 Å². The molecule has 2 fully saturated rings. The van der Waals surface area contributed by atoms with Crippen molar-refractivity contribution >= 4 is 40.5 Å². The Bertz CT molecular complexity index is 1220. The number of rotatable bonds is 10. The molecule has 0 radical (unpaired) electrons. The van der Waals surface area contributed by atoms with Gasteiger partial charge < -0.3 is 31.6 Å². The molecule has 2 aliphatic rings. The third kappa shape index (κ3) is 5.78. The minimum absolute atomic E-state index is 0.0484.